The Morgan fingerprint density at radius 2 is 1.73 bits per heavy atom. The van der Waals surface area contributed by atoms with Crippen molar-refractivity contribution in [3.8, 4) is 0 Å². The van der Waals surface area contributed by atoms with Gasteiger partial charge in [0.05, 0.1) is 18.0 Å². The molecule has 1 atom stereocenters. The van der Waals surface area contributed by atoms with Crippen molar-refractivity contribution in [2.24, 2.45) is 0 Å². The lowest BCUT2D eigenvalue weighted by atomic mass is 9.97. The van der Waals surface area contributed by atoms with Crippen LogP contribution in [-0.4, -0.2) is 27.1 Å². The van der Waals surface area contributed by atoms with Gasteiger partial charge in [0.1, 0.15) is 0 Å². The normalized spacial score (nSPS) is 12.4. The minimum absolute atomic E-state index is 0.0364. The number of benzene rings is 2. The van der Waals surface area contributed by atoms with Crippen molar-refractivity contribution in [1.82, 2.24) is 5.32 Å². The van der Waals surface area contributed by atoms with E-state index in [9.17, 15) is 13.2 Å². The molecule has 0 aromatic heterocycles. The zero-order valence-corrected chi connectivity index (χ0v) is 19.6. The van der Waals surface area contributed by atoms with Crippen LogP contribution in [0.1, 0.15) is 61.4 Å². The Kier molecular flexibility index (Phi) is 8.47. The summed E-state index contributed by atoms with van der Waals surface area (Å²) in [6.07, 6.45) is 3.64. The summed E-state index contributed by atoms with van der Waals surface area (Å²) >= 11 is 0. The smallest absolute Gasteiger partial charge is 0.232 e. The lowest BCUT2D eigenvalue weighted by Crippen LogP contribution is -2.33. The van der Waals surface area contributed by atoms with E-state index in [1.54, 1.807) is 0 Å². The first-order valence-corrected chi connectivity index (χ1v) is 12.4. The highest BCUT2D eigenvalue weighted by Crippen LogP contribution is 2.22. The average Bonchev–Trinajstić information content (AvgIpc) is 2.69. The molecule has 0 bridgehead atoms. The number of anilines is 1. The highest BCUT2D eigenvalue weighted by Gasteiger charge is 2.19. The Bertz CT molecular complexity index is 953. The molecule has 0 spiro atoms. The van der Waals surface area contributed by atoms with Crippen LogP contribution in [0.5, 0.6) is 0 Å². The number of nitrogens with zero attached hydrogens (tertiary/aromatic N) is 1. The van der Waals surface area contributed by atoms with Crippen molar-refractivity contribution < 1.29 is 13.2 Å². The van der Waals surface area contributed by atoms with Gasteiger partial charge in [-0.3, -0.25) is 9.10 Å². The van der Waals surface area contributed by atoms with Gasteiger partial charge in [-0.05, 0) is 61.9 Å². The van der Waals surface area contributed by atoms with Crippen LogP contribution in [0.15, 0.2) is 42.5 Å². The predicted octanol–water partition coefficient (Wildman–Crippen LogP) is 4.68. The summed E-state index contributed by atoms with van der Waals surface area (Å²) in [6, 6.07) is 13.8. The van der Waals surface area contributed by atoms with Gasteiger partial charge < -0.3 is 5.32 Å². The molecule has 6 heteroatoms. The van der Waals surface area contributed by atoms with E-state index in [0.29, 0.717) is 12.1 Å². The molecule has 164 valence electrons. The van der Waals surface area contributed by atoms with Crippen molar-refractivity contribution in [3.63, 3.8) is 0 Å². The van der Waals surface area contributed by atoms with E-state index in [-0.39, 0.29) is 24.9 Å². The van der Waals surface area contributed by atoms with E-state index in [1.165, 1.54) is 21.7 Å². The third kappa shape index (κ3) is 6.59. The average molecular weight is 431 g/mol. The molecule has 2 aromatic rings. The maximum Gasteiger partial charge on any atom is 0.232 e. The minimum atomic E-state index is -3.41. The lowest BCUT2D eigenvalue weighted by Gasteiger charge is -2.23. The van der Waals surface area contributed by atoms with Crippen LogP contribution in [-0.2, 0) is 21.2 Å². The number of rotatable bonds is 10. The molecule has 0 heterocycles. The standard InChI is InChI=1S/C24H34N2O3S/c1-6-20-11-13-21(14-12-20)26(30(5,28)29)16-8-9-24(27)25-23(7-2)22-15-10-18(3)17-19(22)4/h10-15,17,23H,6-9,16H2,1-5H3,(H,25,27)/t23-/m0/s1. The fourth-order valence-corrected chi connectivity index (χ4v) is 4.62. The highest BCUT2D eigenvalue weighted by atomic mass is 32.2. The number of nitrogens with one attached hydrogen (secondary N) is 1. The molecule has 0 radical (unpaired) electrons. The fourth-order valence-electron chi connectivity index (χ4n) is 3.65. The summed E-state index contributed by atoms with van der Waals surface area (Å²) in [7, 11) is -3.41. The Morgan fingerprint density at radius 1 is 1.07 bits per heavy atom. The van der Waals surface area contributed by atoms with Crippen LogP contribution < -0.4 is 9.62 Å². The molecule has 2 aromatic carbocycles. The first-order valence-electron chi connectivity index (χ1n) is 10.6. The summed E-state index contributed by atoms with van der Waals surface area (Å²) < 4.78 is 25.9. The second-order valence-corrected chi connectivity index (χ2v) is 9.75. The summed E-state index contributed by atoms with van der Waals surface area (Å²) in [4.78, 5) is 12.5. The molecule has 0 saturated heterocycles. The second kappa shape index (κ2) is 10.6. The second-order valence-electron chi connectivity index (χ2n) is 7.85. The number of aryl methyl sites for hydroxylation is 3. The van der Waals surface area contributed by atoms with E-state index in [4.69, 9.17) is 0 Å². The zero-order chi connectivity index (χ0) is 22.3. The van der Waals surface area contributed by atoms with E-state index >= 15 is 0 Å². The summed E-state index contributed by atoms with van der Waals surface area (Å²) in [5.41, 5.74) is 5.29. The number of carbonyl (C=O) groups is 1. The molecule has 1 amide bonds. The molecular formula is C24H34N2O3S. The molecule has 5 nitrogen and oxygen atoms in total. The fraction of sp³-hybridized carbons (Fsp3) is 0.458. The van der Waals surface area contributed by atoms with Gasteiger partial charge in [0.2, 0.25) is 15.9 Å². The summed E-state index contributed by atoms with van der Waals surface area (Å²) in [6.45, 7) is 8.50. The van der Waals surface area contributed by atoms with Crippen molar-refractivity contribution in [2.75, 3.05) is 17.1 Å². The molecule has 0 aliphatic rings. The molecule has 1 N–H and O–H groups in total. The molecule has 0 fully saturated rings. The number of hydrogen-bond acceptors (Lipinski definition) is 3. The topological polar surface area (TPSA) is 66.5 Å². The quantitative estimate of drug-likeness (QED) is 0.595. The van der Waals surface area contributed by atoms with E-state index in [0.717, 1.165) is 24.0 Å². The third-order valence-electron chi connectivity index (χ3n) is 5.34. The van der Waals surface area contributed by atoms with Crippen molar-refractivity contribution in [3.05, 3.63) is 64.7 Å². The van der Waals surface area contributed by atoms with E-state index in [2.05, 4.69) is 51.2 Å². The molecule has 0 saturated carbocycles. The van der Waals surface area contributed by atoms with Gasteiger partial charge in [0.25, 0.3) is 0 Å². The largest absolute Gasteiger partial charge is 0.349 e. The number of sulfonamides is 1. The van der Waals surface area contributed by atoms with Gasteiger partial charge in [0, 0.05) is 13.0 Å². The molecule has 30 heavy (non-hydrogen) atoms. The highest BCUT2D eigenvalue weighted by molar-refractivity contribution is 7.92. The zero-order valence-electron chi connectivity index (χ0n) is 18.7. The SMILES string of the molecule is CCc1ccc(N(CCCC(=O)N[C@@H](CC)c2ccc(C)cc2C)S(C)(=O)=O)cc1. The van der Waals surface area contributed by atoms with Crippen LogP contribution in [0, 0.1) is 13.8 Å². The number of carbonyl (C=O) groups excluding carboxylic acids is 1. The van der Waals surface area contributed by atoms with Crippen LogP contribution in [0.25, 0.3) is 0 Å². The Hall–Kier alpha value is -2.34. The van der Waals surface area contributed by atoms with E-state index < -0.39 is 10.0 Å². The molecule has 2 rings (SSSR count). The van der Waals surface area contributed by atoms with Gasteiger partial charge >= 0.3 is 0 Å². The summed E-state index contributed by atoms with van der Waals surface area (Å²) in [5.74, 6) is -0.0587. The first kappa shape index (κ1) is 23.9. The van der Waals surface area contributed by atoms with E-state index in [1.807, 2.05) is 24.3 Å². The maximum atomic E-state index is 12.5. The molecular weight excluding hydrogens is 396 g/mol. The van der Waals surface area contributed by atoms with Crippen molar-refractivity contribution in [1.29, 1.82) is 0 Å². The van der Waals surface area contributed by atoms with Crippen LogP contribution in [0.4, 0.5) is 5.69 Å². The number of amides is 1. The monoisotopic (exact) mass is 430 g/mol. The lowest BCUT2D eigenvalue weighted by molar-refractivity contribution is -0.121. The minimum Gasteiger partial charge on any atom is -0.349 e. The van der Waals surface area contributed by atoms with Crippen LogP contribution >= 0.6 is 0 Å². The van der Waals surface area contributed by atoms with Gasteiger partial charge in [-0.1, -0.05) is 49.7 Å². The Morgan fingerprint density at radius 3 is 2.27 bits per heavy atom. The number of hydrogen-bond donors (Lipinski definition) is 1. The van der Waals surface area contributed by atoms with Crippen LogP contribution in [0.2, 0.25) is 0 Å². The molecule has 0 unspecified atom stereocenters. The van der Waals surface area contributed by atoms with Crippen molar-refractivity contribution >= 4 is 21.6 Å². The predicted molar refractivity (Wildman–Crippen MR) is 124 cm³/mol. The van der Waals surface area contributed by atoms with Gasteiger partial charge in [0.15, 0.2) is 0 Å². The van der Waals surface area contributed by atoms with Gasteiger partial charge in [-0.2, -0.15) is 0 Å². The van der Waals surface area contributed by atoms with Crippen LogP contribution in [0.3, 0.4) is 0 Å². The van der Waals surface area contributed by atoms with Gasteiger partial charge in [-0.15, -0.1) is 0 Å². The van der Waals surface area contributed by atoms with Crippen molar-refractivity contribution in [2.45, 2.75) is 59.4 Å². The first-order chi connectivity index (χ1) is 14.2. The third-order valence-corrected chi connectivity index (χ3v) is 6.54. The molecule has 0 aliphatic carbocycles. The molecule has 0 aliphatic heterocycles. The Labute approximate surface area is 181 Å². The van der Waals surface area contributed by atoms with Gasteiger partial charge in [-0.25, -0.2) is 8.42 Å². The Balaban J connectivity index is 1.99. The summed E-state index contributed by atoms with van der Waals surface area (Å²) in [5, 5.41) is 3.10. The maximum absolute atomic E-state index is 12.5.